The van der Waals surface area contributed by atoms with Crippen LogP contribution in [-0.4, -0.2) is 29.4 Å². The predicted molar refractivity (Wildman–Crippen MR) is 87.5 cm³/mol. The van der Waals surface area contributed by atoms with Crippen molar-refractivity contribution in [3.8, 4) is 0 Å². The van der Waals surface area contributed by atoms with E-state index < -0.39 is 0 Å². The number of carbonyl (C=O) groups excluding carboxylic acids is 2. The van der Waals surface area contributed by atoms with E-state index in [1.807, 2.05) is 38.2 Å². The number of H-pyrrole nitrogens is 1. The number of fused-ring (bicyclic) bond motifs is 1. The van der Waals surface area contributed by atoms with Crippen LogP contribution in [0.1, 0.15) is 32.3 Å². The third-order valence-electron chi connectivity index (χ3n) is 3.73. The maximum atomic E-state index is 11.7. The molecule has 2 aromatic rings. The molecule has 1 unspecified atom stereocenters. The monoisotopic (exact) mass is 301 g/mol. The molecule has 0 fully saturated rings. The zero-order valence-electron chi connectivity index (χ0n) is 13.1. The molecule has 0 aliphatic heterocycles. The van der Waals surface area contributed by atoms with Gasteiger partial charge in [-0.15, -0.1) is 0 Å². The molecule has 0 radical (unpaired) electrons. The SMILES string of the molecule is CCC(C)NC(=O)CC(=O)NCCc1c[nH]c2ccccc12. The molecule has 0 saturated carbocycles. The summed E-state index contributed by atoms with van der Waals surface area (Å²) in [5.74, 6) is -0.459. The fourth-order valence-corrected chi connectivity index (χ4v) is 2.31. The second-order valence-electron chi connectivity index (χ2n) is 5.51. The van der Waals surface area contributed by atoms with E-state index in [9.17, 15) is 9.59 Å². The van der Waals surface area contributed by atoms with Gasteiger partial charge in [-0.05, 0) is 31.4 Å². The first kappa shape index (κ1) is 16.1. The van der Waals surface area contributed by atoms with Gasteiger partial charge in [-0.2, -0.15) is 0 Å². The lowest BCUT2D eigenvalue weighted by Gasteiger charge is -2.11. The van der Waals surface area contributed by atoms with Crippen LogP contribution in [0.5, 0.6) is 0 Å². The van der Waals surface area contributed by atoms with E-state index in [4.69, 9.17) is 0 Å². The molecule has 22 heavy (non-hydrogen) atoms. The van der Waals surface area contributed by atoms with Crippen molar-refractivity contribution in [3.05, 3.63) is 36.0 Å². The fourth-order valence-electron chi connectivity index (χ4n) is 2.31. The Labute approximate surface area is 130 Å². The Balaban J connectivity index is 1.76. The van der Waals surface area contributed by atoms with Crippen molar-refractivity contribution >= 4 is 22.7 Å². The van der Waals surface area contributed by atoms with E-state index in [1.54, 1.807) is 0 Å². The number of amides is 2. The summed E-state index contributed by atoms with van der Waals surface area (Å²) in [6.07, 6.45) is 3.45. The van der Waals surface area contributed by atoms with Crippen molar-refractivity contribution < 1.29 is 9.59 Å². The molecule has 5 nitrogen and oxygen atoms in total. The standard InChI is InChI=1S/C17H23N3O2/c1-3-12(2)20-17(22)10-16(21)18-9-8-13-11-19-15-7-5-4-6-14(13)15/h4-7,11-12,19H,3,8-10H2,1-2H3,(H,18,21)(H,20,22). The van der Waals surface area contributed by atoms with Crippen LogP contribution in [0.3, 0.4) is 0 Å². The topological polar surface area (TPSA) is 74.0 Å². The van der Waals surface area contributed by atoms with Gasteiger partial charge in [0.05, 0.1) is 0 Å². The zero-order valence-corrected chi connectivity index (χ0v) is 13.1. The number of para-hydroxylation sites is 1. The Bertz CT molecular complexity index is 648. The van der Waals surface area contributed by atoms with Crippen molar-refractivity contribution in [2.75, 3.05) is 6.54 Å². The van der Waals surface area contributed by atoms with E-state index in [0.717, 1.165) is 18.4 Å². The molecule has 0 bridgehead atoms. The minimum absolute atomic E-state index is 0.103. The highest BCUT2D eigenvalue weighted by molar-refractivity contribution is 5.97. The number of aromatic amines is 1. The average molecular weight is 301 g/mol. The summed E-state index contributed by atoms with van der Waals surface area (Å²) in [7, 11) is 0. The number of nitrogens with one attached hydrogen (secondary N) is 3. The van der Waals surface area contributed by atoms with Gasteiger partial charge in [0, 0.05) is 29.7 Å². The van der Waals surface area contributed by atoms with Crippen LogP contribution >= 0.6 is 0 Å². The molecule has 2 rings (SSSR count). The molecule has 0 saturated heterocycles. The number of hydrogen-bond acceptors (Lipinski definition) is 2. The number of carbonyl (C=O) groups is 2. The Morgan fingerprint density at radius 3 is 2.77 bits per heavy atom. The van der Waals surface area contributed by atoms with E-state index >= 15 is 0 Å². The minimum Gasteiger partial charge on any atom is -0.361 e. The molecular weight excluding hydrogens is 278 g/mol. The summed E-state index contributed by atoms with van der Waals surface area (Å²) in [6.45, 7) is 4.44. The Hall–Kier alpha value is -2.30. The summed E-state index contributed by atoms with van der Waals surface area (Å²) in [5.41, 5.74) is 2.26. The molecule has 5 heteroatoms. The van der Waals surface area contributed by atoms with E-state index in [-0.39, 0.29) is 24.3 Å². The smallest absolute Gasteiger partial charge is 0.229 e. The van der Waals surface area contributed by atoms with Gasteiger partial charge in [-0.3, -0.25) is 9.59 Å². The van der Waals surface area contributed by atoms with Crippen LogP contribution in [0.4, 0.5) is 0 Å². The Kier molecular flexibility index (Phi) is 5.58. The third kappa shape index (κ3) is 4.35. The van der Waals surface area contributed by atoms with Crippen LogP contribution < -0.4 is 10.6 Å². The molecule has 0 aliphatic rings. The van der Waals surface area contributed by atoms with E-state index in [2.05, 4.69) is 21.7 Å². The average Bonchev–Trinajstić information content (AvgIpc) is 2.90. The lowest BCUT2D eigenvalue weighted by Crippen LogP contribution is -2.36. The number of hydrogen-bond donors (Lipinski definition) is 3. The maximum absolute atomic E-state index is 11.7. The quantitative estimate of drug-likeness (QED) is 0.685. The van der Waals surface area contributed by atoms with Crippen molar-refractivity contribution in [1.29, 1.82) is 0 Å². The van der Waals surface area contributed by atoms with Crippen molar-refractivity contribution in [2.45, 2.75) is 39.2 Å². The van der Waals surface area contributed by atoms with E-state index in [0.29, 0.717) is 6.54 Å². The first-order chi connectivity index (χ1) is 10.6. The fraction of sp³-hybridized carbons (Fsp3) is 0.412. The van der Waals surface area contributed by atoms with Gasteiger partial charge in [0.25, 0.3) is 0 Å². The highest BCUT2D eigenvalue weighted by Crippen LogP contribution is 2.17. The van der Waals surface area contributed by atoms with Gasteiger partial charge in [-0.1, -0.05) is 25.1 Å². The molecule has 0 aliphatic carbocycles. The summed E-state index contributed by atoms with van der Waals surface area (Å²) >= 11 is 0. The number of benzene rings is 1. The zero-order chi connectivity index (χ0) is 15.9. The van der Waals surface area contributed by atoms with Crippen molar-refractivity contribution in [2.24, 2.45) is 0 Å². The summed E-state index contributed by atoms with van der Waals surface area (Å²) in [5, 5.41) is 6.75. The highest BCUT2D eigenvalue weighted by Gasteiger charge is 2.11. The molecule has 1 aromatic heterocycles. The molecule has 118 valence electrons. The lowest BCUT2D eigenvalue weighted by atomic mass is 10.1. The minimum atomic E-state index is -0.236. The van der Waals surface area contributed by atoms with Gasteiger partial charge in [0.1, 0.15) is 6.42 Å². The molecule has 2 amide bonds. The van der Waals surface area contributed by atoms with E-state index in [1.165, 1.54) is 10.9 Å². The molecule has 1 aromatic carbocycles. The van der Waals surface area contributed by atoms with Gasteiger partial charge in [0.15, 0.2) is 0 Å². The van der Waals surface area contributed by atoms with Gasteiger partial charge in [-0.25, -0.2) is 0 Å². The van der Waals surface area contributed by atoms with Crippen LogP contribution in [0.25, 0.3) is 10.9 Å². The molecule has 0 spiro atoms. The molecule has 1 atom stereocenters. The molecular formula is C17H23N3O2. The van der Waals surface area contributed by atoms with Gasteiger partial charge < -0.3 is 15.6 Å². The second-order valence-corrected chi connectivity index (χ2v) is 5.51. The number of rotatable bonds is 7. The van der Waals surface area contributed by atoms with Crippen molar-refractivity contribution in [3.63, 3.8) is 0 Å². The highest BCUT2D eigenvalue weighted by atomic mass is 16.2. The lowest BCUT2D eigenvalue weighted by molar-refractivity contribution is -0.129. The van der Waals surface area contributed by atoms with Gasteiger partial charge >= 0.3 is 0 Å². The van der Waals surface area contributed by atoms with Crippen LogP contribution in [0, 0.1) is 0 Å². The summed E-state index contributed by atoms with van der Waals surface area (Å²) in [4.78, 5) is 26.6. The Morgan fingerprint density at radius 2 is 2.00 bits per heavy atom. The molecule has 3 N–H and O–H groups in total. The first-order valence-corrected chi connectivity index (χ1v) is 7.71. The second kappa shape index (κ2) is 7.64. The number of aromatic nitrogens is 1. The summed E-state index contributed by atoms with van der Waals surface area (Å²) < 4.78 is 0. The van der Waals surface area contributed by atoms with Gasteiger partial charge in [0.2, 0.25) is 11.8 Å². The normalized spacial score (nSPS) is 12.1. The van der Waals surface area contributed by atoms with Crippen LogP contribution in [-0.2, 0) is 16.0 Å². The predicted octanol–water partition coefficient (Wildman–Crippen LogP) is 2.13. The van der Waals surface area contributed by atoms with Crippen LogP contribution in [0.15, 0.2) is 30.5 Å². The largest absolute Gasteiger partial charge is 0.361 e. The summed E-state index contributed by atoms with van der Waals surface area (Å²) in [6, 6.07) is 8.17. The van der Waals surface area contributed by atoms with Crippen LogP contribution in [0.2, 0.25) is 0 Å². The third-order valence-corrected chi connectivity index (χ3v) is 3.73. The maximum Gasteiger partial charge on any atom is 0.229 e. The van der Waals surface area contributed by atoms with Crippen molar-refractivity contribution in [1.82, 2.24) is 15.6 Å². The first-order valence-electron chi connectivity index (χ1n) is 7.71. The molecule has 1 heterocycles. The Morgan fingerprint density at radius 1 is 1.23 bits per heavy atom.